The largest absolute Gasteiger partial charge is 0.341 e. The van der Waals surface area contributed by atoms with Gasteiger partial charge in [0.15, 0.2) is 0 Å². The second kappa shape index (κ2) is 5.28. The SMILES string of the molecule is CCn1c2ccccc2c2cc(C=C3SC(=O)NC3=O)ccc21. The highest BCUT2D eigenvalue weighted by Crippen LogP contribution is 2.31. The van der Waals surface area contributed by atoms with Crippen molar-refractivity contribution in [3.63, 3.8) is 0 Å². The average molecular weight is 322 g/mol. The Morgan fingerprint density at radius 2 is 1.87 bits per heavy atom. The molecule has 4 nitrogen and oxygen atoms in total. The Kier molecular flexibility index (Phi) is 3.23. The van der Waals surface area contributed by atoms with Crippen molar-refractivity contribution in [2.45, 2.75) is 13.5 Å². The van der Waals surface area contributed by atoms with Crippen LogP contribution in [0.1, 0.15) is 12.5 Å². The molecular weight excluding hydrogens is 308 g/mol. The lowest BCUT2D eigenvalue weighted by Crippen LogP contribution is -2.17. The van der Waals surface area contributed by atoms with Crippen LogP contribution in [0.3, 0.4) is 0 Å². The molecule has 4 rings (SSSR count). The van der Waals surface area contributed by atoms with Crippen molar-refractivity contribution in [3.05, 3.63) is 52.9 Å². The summed E-state index contributed by atoms with van der Waals surface area (Å²) in [4.78, 5) is 23.4. The maximum absolute atomic E-state index is 11.7. The zero-order valence-electron chi connectivity index (χ0n) is 12.5. The molecule has 1 saturated heterocycles. The summed E-state index contributed by atoms with van der Waals surface area (Å²) in [5, 5.41) is 4.32. The number of rotatable bonds is 2. The fraction of sp³-hybridized carbons (Fsp3) is 0.111. The molecule has 5 heteroatoms. The number of aromatic nitrogens is 1. The summed E-state index contributed by atoms with van der Waals surface area (Å²) >= 11 is 0.944. The zero-order chi connectivity index (χ0) is 16.0. The third-order valence-corrected chi connectivity index (χ3v) is 4.86. The maximum Gasteiger partial charge on any atom is 0.290 e. The number of fused-ring (bicyclic) bond motifs is 3. The van der Waals surface area contributed by atoms with E-state index in [1.807, 2.05) is 18.2 Å². The standard InChI is InChI=1S/C18H14N2O2S/c1-2-20-14-6-4-3-5-12(14)13-9-11(7-8-15(13)20)10-16-17(21)19-18(22)23-16/h3-10H,2H2,1H3,(H,19,21,22). The molecule has 0 atom stereocenters. The van der Waals surface area contributed by atoms with Gasteiger partial charge in [0.25, 0.3) is 11.1 Å². The van der Waals surface area contributed by atoms with Crippen molar-refractivity contribution in [1.82, 2.24) is 9.88 Å². The van der Waals surface area contributed by atoms with Crippen LogP contribution in [0.4, 0.5) is 4.79 Å². The van der Waals surface area contributed by atoms with E-state index in [2.05, 4.69) is 41.1 Å². The summed E-state index contributed by atoms with van der Waals surface area (Å²) in [6.07, 6.45) is 1.77. The van der Waals surface area contributed by atoms with Gasteiger partial charge in [0.1, 0.15) is 0 Å². The highest BCUT2D eigenvalue weighted by molar-refractivity contribution is 8.18. The first-order valence-electron chi connectivity index (χ1n) is 7.43. The van der Waals surface area contributed by atoms with Gasteiger partial charge in [-0.2, -0.15) is 0 Å². The summed E-state index contributed by atoms with van der Waals surface area (Å²) in [5.74, 6) is -0.323. The minimum atomic E-state index is -0.323. The lowest BCUT2D eigenvalue weighted by atomic mass is 10.1. The molecule has 23 heavy (non-hydrogen) atoms. The van der Waals surface area contributed by atoms with E-state index in [9.17, 15) is 9.59 Å². The summed E-state index contributed by atoms with van der Waals surface area (Å²) in [6.45, 7) is 3.03. The smallest absolute Gasteiger partial charge is 0.290 e. The van der Waals surface area contributed by atoms with Crippen LogP contribution in [0.25, 0.3) is 27.9 Å². The second-order valence-corrected chi connectivity index (χ2v) is 6.40. The Balaban J connectivity index is 1.92. The molecule has 114 valence electrons. The first-order chi connectivity index (χ1) is 11.2. The number of nitrogens with zero attached hydrogens (tertiary/aromatic N) is 1. The molecule has 2 aromatic carbocycles. The van der Waals surface area contributed by atoms with Gasteiger partial charge in [0, 0.05) is 28.4 Å². The number of thioether (sulfide) groups is 1. The molecule has 0 spiro atoms. The Morgan fingerprint density at radius 1 is 1.09 bits per heavy atom. The van der Waals surface area contributed by atoms with E-state index in [1.54, 1.807) is 6.08 Å². The summed E-state index contributed by atoms with van der Waals surface area (Å²) < 4.78 is 2.28. The van der Waals surface area contributed by atoms with Gasteiger partial charge in [-0.05, 0) is 48.5 Å². The highest BCUT2D eigenvalue weighted by Gasteiger charge is 2.25. The first kappa shape index (κ1) is 14.1. The summed E-state index contributed by atoms with van der Waals surface area (Å²) in [5.41, 5.74) is 3.30. The predicted molar refractivity (Wildman–Crippen MR) is 94.2 cm³/mol. The van der Waals surface area contributed by atoms with E-state index in [1.165, 1.54) is 16.4 Å². The topological polar surface area (TPSA) is 51.1 Å². The van der Waals surface area contributed by atoms with Crippen molar-refractivity contribution >= 4 is 50.8 Å². The van der Waals surface area contributed by atoms with Crippen molar-refractivity contribution in [3.8, 4) is 0 Å². The van der Waals surface area contributed by atoms with Crippen LogP contribution < -0.4 is 5.32 Å². The fourth-order valence-electron chi connectivity index (χ4n) is 3.07. The molecule has 0 aliphatic carbocycles. The Labute approximate surface area is 137 Å². The quantitative estimate of drug-likeness (QED) is 0.722. The number of carbonyl (C=O) groups is 2. The van der Waals surface area contributed by atoms with Crippen LogP contribution in [0.5, 0.6) is 0 Å². The molecule has 1 aliphatic heterocycles. The van der Waals surface area contributed by atoms with Crippen LogP contribution in [0.2, 0.25) is 0 Å². The van der Waals surface area contributed by atoms with Crippen LogP contribution in [-0.4, -0.2) is 15.7 Å². The van der Waals surface area contributed by atoms with Crippen molar-refractivity contribution in [2.75, 3.05) is 0 Å². The second-order valence-electron chi connectivity index (χ2n) is 5.39. The zero-order valence-corrected chi connectivity index (χ0v) is 13.3. The van der Waals surface area contributed by atoms with Gasteiger partial charge in [-0.3, -0.25) is 14.9 Å². The number of nitrogens with one attached hydrogen (secondary N) is 1. The summed E-state index contributed by atoms with van der Waals surface area (Å²) in [7, 11) is 0. The van der Waals surface area contributed by atoms with Crippen LogP contribution in [0, 0.1) is 0 Å². The van der Waals surface area contributed by atoms with Gasteiger partial charge in [-0.1, -0.05) is 24.3 Å². The van der Waals surface area contributed by atoms with Gasteiger partial charge in [0.2, 0.25) is 0 Å². The number of aryl methyl sites for hydroxylation is 1. The number of hydrogen-bond donors (Lipinski definition) is 1. The monoisotopic (exact) mass is 322 g/mol. The Bertz CT molecular complexity index is 1000. The van der Waals surface area contributed by atoms with Gasteiger partial charge >= 0.3 is 0 Å². The van der Waals surface area contributed by atoms with Crippen molar-refractivity contribution < 1.29 is 9.59 Å². The van der Waals surface area contributed by atoms with Crippen molar-refractivity contribution in [1.29, 1.82) is 0 Å². The number of hydrogen-bond acceptors (Lipinski definition) is 3. The minimum Gasteiger partial charge on any atom is -0.341 e. The van der Waals surface area contributed by atoms with Gasteiger partial charge in [-0.25, -0.2) is 0 Å². The molecule has 1 N–H and O–H groups in total. The number of amides is 2. The van der Waals surface area contributed by atoms with E-state index < -0.39 is 0 Å². The lowest BCUT2D eigenvalue weighted by molar-refractivity contribution is -0.115. The lowest BCUT2D eigenvalue weighted by Gasteiger charge is -2.03. The molecule has 1 aliphatic rings. The van der Waals surface area contributed by atoms with E-state index in [0.717, 1.165) is 29.3 Å². The number of para-hydroxylation sites is 1. The minimum absolute atomic E-state index is 0.315. The Morgan fingerprint density at radius 3 is 2.61 bits per heavy atom. The van der Waals surface area contributed by atoms with Crippen LogP contribution >= 0.6 is 11.8 Å². The molecule has 3 aromatic rings. The van der Waals surface area contributed by atoms with Crippen LogP contribution in [-0.2, 0) is 11.3 Å². The normalized spacial score (nSPS) is 16.7. The van der Waals surface area contributed by atoms with Crippen LogP contribution in [0.15, 0.2) is 47.4 Å². The first-order valence-corrected chi connectivity index (χ1v) is 8.25. The molecule has 0 unspecified atom stereocenters. The number of benzene rings is 2. The molecule has 2 heterocycles. The summed E-state index contributed by atoms with van der Waals surface area (Å²) in [6, 6.07) is 14.4. The molecule has 0 saturated carbocycles. The molecule has 2 amide bonds. The molecule has 1 fully saturated rings. The fourth-order valence-corrected chi connectivity index (χ4v) is 3.76. The van der Waals surface area contributed by atoms with E-state index in [0.29, 0.717) is 4.91 Å². The van der Waals surface area contributed by atoms with Gasteiger partial charge in [-0.15, -0.1) is 0 Å². The molecule has 0 radical (unpaired) electrons. The predicted octanol–water partition coefficient (Wildman–Crippen LogP) is 4.14. The van der Waals surface area contributed by atoms with Gasteiger partial charge < -0.3 is 4.57 Å². The van der Waals surface area contributed by atoms with E-state index >= 15 is 0 Å². The maximum atomic E-state index is 11.7. The average Bonchev–Trinajstić information content (AvgIpc) is 3.04. The number of imide groups is 1. The molecular formula is C18H14N2O2S. The third-order valence-electron chi connectivity index (χ3n) is 4.05. The molecule has 1 aromatic heterocycles. The third kappa shape index (κ3) is 2.24. The van der Waals surface area contributed by atoms with E-state index in [4.69, 9.17) is 0 Å². The highest BCUT2D eigenvalue weighted by atomic mass is 32.2. The van der Waals surface area contributed by atoms with Gasteiger partial charge in [0.05, 0.1) is 4.91 Å². The van der Waals surface area contributed by atoms with E-state index in [-0.39, 0.29) is 11.1 Å². The Hall–Kier alpha value is -2.53. The molecule has 0 bridgehead atoms. The number of carbonyl (C=O) groups excluding carboxylic acids is 2. The van der Waals surface area contributed by atoms with Crippen molar-refractivity contribution in [2.24, 2.45) is 0 Å².